The summed E-state index contributed by atoms with van der Waals surface area (Å²) < 4.78 is 7.44. The third-order valence-electron chi connectivity index (χ3n) is 5.36. The molecule has 0 atom stereocenters. The highest BCUT2D eigenvalue weighted by Gasteiger charge is 2.24. The van der Waals surface area contributed by atoms with Crippen molar-refractivity contribution in [2.45, 2.75) is 20.2 Å². The molecule has 3 aromatic rings. The largest absolute Gasteiger partial charge is 0.471 e. The molecule has 0 aliphatic carbocycles. The van der Waals surface area contributed by atoms with Crippen molar-refractivity contribution in [3.05, 3.63) is 81.6 Å². The molecule has 4 rings (SSSR count). The Morgan fingerprint density at radius 1 is 1.03 bits per heavy atom. The summed E-state index contributed by atoms with van der Waals surface area (Å²) in [5.74, 6) is 0.757. The van der Waals surface area contributed by atoms with E-state index in [0.29, 0.717) is 28.8 Å². The van der Waals surface area contributed by atoms with E-state index in [2.05, 4.69) is 10.00 Å². The van der Waals surface area contributed by atoms with E-state index in [9.17, 15) is 4.79 Å². The Kier molecular flexibility index (Phi) is 6.80. The number of para-hydroxylation sites is 1. The molecular weight excluding hydrogens is 435 g/mol. The lowest BCUT2D eigenvalue weighted by atomic mass is 10.2. The summed E-state index contributed by atoms with van der Waals surface area (Å²) in [6.07, 6.45) is 1.77. The molecule has 0 radical (unpaired) electrons. The highest BCUT2D eigenvalue weighted by atomic mass is 35.5. The van der Waals surface area contributed by atoms with Crippen LogP contribution in [0.4, 0.5) is 0 Å². The Balaban J connectivity index is 1.28. The van der Waals surface area contributed by atoms with Gasteiger partial charge < -0.3 is 9.64 Å². The van der Waals surface area contributed by atoms with E-state index in [0.717, 1.165) is 36.5 Å². The van der Waals surface area contributed by atoms with Gasteiger partial charge in [0.25, 0.3) is 5.91 Å². The minimum absolute atomic E-state index is 0.0520. The summed E-state index contributed by atoms with van der Waals surface area (Å²) in [6, 6.07) is 15.3. The van der Waals surface area contributed by atoms with Crippen molar-refractivity contribution in [2.75, 3.05) is 26.2 Å². The molecule has 162 valence electrons. The zero-order chi connectivity index (χ0) is 21.8. The molecule has 0 unspecified atom stereocenters. The van der Waals surface area contributed by atoms with Crippen LogP contribution in [0.15, 0.2) is 54.7 Å². The number of carbonyl (C=O) groups excluding carboxylic acids is 1. The minimum Gasteiger partial charge on any atom is -0.471 e. The van der Waals surface area contributed by atoms with Gasteiger partial charge in [-0.3, -0.25) is 9.69 Å². The lowest BCUT2D eigenvalue weighted by Crippen LogP contribution is -2.48. The van der Waals surface area contributed by atoms with Gasteiger partial charge in [-0.1, -0.05) is 47.5 Å². The normalized spacial score (nSPS) is 14.6. The summed E-state index contributed by atoms with van der Waals surface area (Å²) in [7, 11) is 0. The zero-order valence-corrected chi connectivity index (χ0v) is 18.8. The SMILES string of the molecule is Cc1ccccc1OCn1ccc(C(=O)N2CCN(Cc3ccc(Cl)c(Cl)c3)CC2)n1. The predicted octanol–water partition coefficient (Wildman–Crippen LogP) is 4.49. The highest BCUT2D eigenvalue weighted by Crippen LogP contribution is 2.23. The van der Waals surface area contributed by atoms with Crippen LogP contribution in [0.2, 0.25) is 10.0 Å². The number of aromatic nitrogens is 2. The van der Waals surface area contributed by atoms with Crippen LogP contribution in [0.1, 0.15) is 21.6 Å². The highest BCUT2D eigenvalue weighted by molar-refractivity contribution is 6.42. The lowest BCUT2D eigenvalue weighted by molar-refractivity contribution is 0.0621. The number of benzene rings is 2. The van der Waals surface area contributed by atoms with Crippen LogP contribution >= 0.6 is 23.2 Å². The van der Waals surface area contributed by atoms with Crippen molar-refractivity contribution in [1.29, 1.82) is 0 Å². The Hall–Kier alpha value is -2.54. The number of rotatable bonds is 6. The summed E-state index contributed by atoms with van der Waals surface area (Å²) >= 11 is 12.1. The van der Waals surface area contributed by atoms with E-state index >= 15 is 0 Å². The number of aryl methyl sites for hydroxylation is 1. The molecule has 1 saturated heterocycles. The number of hydrogen-bond donors (Lipinski definition) is 0. The van der Waals surface area contributed by atoms with Crippen LogP contribution in [0.5, 0.6) is 5.75 Å². The van der Waals surface area contributed by atoms with E-state index in [1.54, 1.807) is 16.9 Å². The van der Waals surface area contributed by atoms with E-state index < -0.39 is 0 Å². The lowest BCUT2D eigenvalue weighted by Gasteiger charge is -2.34. The quantitative estimate of drug-likeness (QED) is 0.545. The Morgan fingerprint density at radius 3 is 2.55 bits per heavy atom. The third-order valence-corrected chi connectivity index (χ3v) is 6.09. The van der Waals surface area contributed by atoms with E-state index in [1.807, 2.05) is 54.3 Å². The molecule has 0 bridgehead atoms. The maximum Gasteiger partial charge on any atom is 0.274 e. The van der Waals surface area contributed by atoms with Gasteiger partial charge in [0.15, 0.2) is 12.4 Å². The van der Waals surface area contributed by atoms with Crippen molar-refractivity contribution in [3.8, 4) is 5.75 Å². The van der Waals surface area contributed by atoms with Gasteiger partial charge in [-0.25, -0.2) is 4.68 Å². The standard InChI is InChI=1S/C23H24Cl2N4O2/c1-17-4-2-3-5-22(17)31-16-29-9-8-21(26-29)23(30)28-12-10-27(11-13-28)15-18-6-7-19(24)20(25)14-18/h2-9,14H,10-13,15-16H2,1H3. The van der Waals surface area contributed by atoms with Crippen LogP contribution in [-0.2, 0) is 13.3 Å². The summed E-state index contributed by atoms with van der Waals surface area (Å²) in [6.45, 7) is 5.94. The topological polar surface area (TPSA) is 50.6 Å². The minimum atomic E-state index is -0.0520. The molecule has 1 aromatic heterocycles. The monoisotopic (exact) mass is 458 g/mol. The van der Waals surface area contributed by atoms with Crippen molar-refractivity contribution in [1.82, 2.24) is 19.6 Å². The number of amides is 1. The van der Waals surface area contributed by atoms with E-state index in [4.69, 9.17) is 27.9 Å². The molecule has 1 amide bonds. The summed E-state index contributed by atoms with van der Waals surface area (Å²) in [5.41, 5.74) is 2.61. The predicted molar refractivity (Wildman–Crippen MR) is 122 cm³/mol. The van der Waals surface area contributed by atoms with E-state index in [-0.39, 0.29) is 12.6 Å². The van der Waals surface area contributed by atoms with Crippen molar-refractivity contribution >= 4 is 29.1 Å². The third kappa shape index (κ3) is 5.39. The first-order chi connectivity index (χ1) is 15.0. The van der Waals surface area contributed by atoms with Crippen LogP contribution in [0.3, 0.4) is 0 Å². The number of ether oxygens (including phenoxy) is 1. The Labute approximate surface area is 191 Å². The fourth-order valence-electron chi connectivity index (χ4n) is 3.57. The molecule has 0 N–H and O–H groups in total. The fourth-order valence-corrected chi connectivity index (χ4v) is 3.89. The van der Waals surface area contributed by atoms with Crippen LogP contribution in [0, 0.1) is 6.92 Å². The van der Waals surface area contributed by atoms with Gasteiger partial charge in [0.05, 0.1) is 10.0 Å². The van der Waals surface area contributed by atoms with Crippen molar-refractivity contribution in [3.63, 3.8) is 0 Å². The second kappa shape index (κ2) is 9.73. The molecule has 1 aliphatic heterocycles. The Bertz CT molecular complexity index is 1060. The molecular formula is C23H24Cl2N4O2. The molecule has 2 aromatic carbocycles. The van der Waals surface area contributed by atoms with Crippen LogP contribution in [0.25, 0.3) is 0 Å². The number of carbonyl (C=O) groups is 1. The first-order valence-corrected chi connectivity index (χ1v) is 10.9. The van der Waals surface area contributed by atoms with Crippen LogP contribution in [-0.4, -0.2) is 51.7 Å². The first kappa shape index (κ1) is 21.7. The van der Waals surface area contributed by atoms with Gasteiger partial charge >= 0.3 is 0 Å². The second-order valence-corrected chi connectivity index (χ2v) is 8.41. The summed E-state index contributed by atoms with van der Waals surface area (Å²) in [5, 5.41) is 5.52. The number of piperazine rings is 1. The summed E-state index contributed by atoms with van der Waals surface area (Å²) in [4.78, 5) is 17.0. The van der Waals surface area contributed by atoms with Crippen molar-refractivity contribution in [2.24, 2.45) is 0 Å². The van der Waals surface area contributed by atoms with Gasteiger partial charge in [0.1, 0.15) is 5.75 Å². The smallest absolute Gasteiger partial charge is 0.274 e. The molecule has 0 saturated carbocycles. The van der Waals surface area contributed by atoms with E-state index in [1.165, 1.54) is 0 Å². The maximum absolute atomic E-state index is 12.8. The molecule has 31 heavy (non-hydrogen) atoms. The average molecular weight is 459 g/mol. The second-order valence-electron chi connectivity index (χ2n) is 7.60. The Morgan fingerprint density at radius 2 is 1.81 bits per heavy atom. The van der Waals surface area contributed by atoms with Gasteiger partial charge in [-0.2, -0.15) is 5.10 Å². The molecule has 0 spiro atoms. The zero-order valence-electron chi connectivity index (χ0n) is 17.3. The van der Waals surface area contributed by atoms with Crippen LogP contribution < -0.4 is 4.74 Å². The average Bonchev–Trinajstić information content (AvgIpc) is 3.25. The number of nitrogens with zero attached hydrogens (tertiary/aromatic N) is 4. The molecule has 1 aliphatic rings. The van der Waals surface area contributed by atoms with Gasteiger partial charge in [-0.05, 0) is 42.3 Å². The van der Waals surface area contributed by atoms with Crippen molar-refractivity contribution < 1.29 is 9.53 Å². The first-order valence-electron chi connectivity index (χ1n) is 10.2. The number of halogens is 2. The van der Waals surface area contributed by atoms with Gasteiger partial charge in [-0.15, -0.1) is 0 Å². The number of hydrogen-bond acceptors (Lipinski definition) is 4. The molecule has 1 fully saturated rings. The van der Waals surface area contributed by atoms with Gasteiger partial charge in [0.2, 0.25) is 0 Å². The maximum atomic E-state index is 12.8. The van der Waals surface area contributed by atoms with Gasteiger partial charge in [0, 0.05) is 38.9 Å². The molecule has 8 heteroatoms. The molecule has 2 heterocycles. The molecule has 6 nitrogen and oxygen atoms in total. The fraction of sp³-hybridized carbons (Fsp3) is 0.304.